The molecule has 2 heterocycles. The van der Waals surface area contributed by atoms with Gasteiger partial charge in [0.1, 0.15) is 11.8 Å². The largest absolute Gasteiger partial charge is 0.444 e. The fourth-order valence-electron chi connectivity index (χ4n) is 2.50. The van der Waals surface area contributed by atoms with Crippen molar-refractivity contribution in [2.24, 2.45) is 0 Å². The number of piperidine rings is 1. The van der Waals surface area contributed by atoms with Crippen LogP contribution in [-0.4, -0.2) is 35.8 Å². The number of alkyl carbamates (subject to hydrolysis) is 1. The van der Waals surface area contributed by atoms with Crippen LogP contribution in [0.2, 0.25) is 0 Å². The number of rotatable bonds is 2. The predicted octanol–water partition coefficient (Wildman–Crippen LogP) is 1.45. The molecule has 0 radical (unpaired) electrons. The van der Waals surface area contributed by atoms with E-state index in [1.165, 1.54) is 0 Å². The highest BCUT2D eigenvalue weighted by Gasteiger charge is 2.26. The third kappa shape index (κ3) is 4.16. The highest BCUT2D eigenvalue weighted by atomic mass is 16.6. The van der Waals surface area contributed by atoms with Gasteiger partial charge in [-0.1, -0.05) is 0 Å². The van der Waals surface area contributed by atoms with E-state index in [4.69, 9.17) is 10.5 Å². The molecule has 1 saturated heterocycles. The van der Waals surface area contributed by atoms with Crippen molar-refractivity contribution < 1.29 is 9.53 Å². The fourth-order valence-corrected chi connectivity index (χ4v) is 2.50. The molecule has 1 atom stereocenters. The number of hydrogen-bond donors (Lipinski definition) is 3. The summed E-state index contributed by atoms with van der Waals surface area (Å²) in [5.74, 6) is 0. The average Bonchev–Trinajstić information content (AvgIpc) is 2.40. The van der Waals surface area contributed by atoms with Gasteiger partial charge >= 0.3 is 6.09 Å². The van der Waals surface area contributed by atoms with Gasteiger partial charge in [0.05, 0.1) is 12.2 Å². The third-order valence-electron chi connectivity index (χ3n) is 3.45. The number of carbonyl (C=O) groups excluding carboxylic acids is 1. The Morgan fingerprint density at radius 2 is 2.23 bits per heavy atom. The van der Waals surface area contributed by atoms with Crippen molar-refractivity contribution in [3.05, 3.63) is 22.6 Å². The first-order chi connectivity index (χ1) is 10.3. The molecule has 7 heteroatoms. The minimum atomic E-state index is -0.418. The van der Waals surface area contributed by atoms with E-state index in [1.54, 1.807) is 12.3 Å². The van der Waals surface area contributed by atoms with Crippen molar-refractivity contribution in [2.75, 3.05) is 23.7 Å². The van der Waals surface area contributed by atoms with Crippen molar-refractivity contribution in [3.63, 3.8) is 0 Å². The van der Waals surface area contributed by atoms with Gasteiger partial charge in [0.15, 0.2) is 0 Å². The Balaban J connectivity index is 2.02. The maximum atomic E-state index is 11.9. The summed E-state index contributed by atoms with van der Waals surface area (Å²) in [6.07, 6.45) is 2.62. The fraction of sp³-hybridized carbons (Fsp3) is 0.600. The molecule has 122 valence electrons. The van der Waals surface area contributed by atoms with Crippen LogP contribution in [-0.2, 0) is 4.74 Å². The van der Waals surface area contributed by atoms with Crippen LogP contribution in [0.1, 0.15) is 33.6 Å². The quantitative estimate of drug-likeness (QED) is 0.768. The summed E-state index contributed by atoms with van der Waals surface area (Å²) in [5.41, 5.74) is 6.09. The Morgan fingerprint density at radius 3 is 2.91 bits per heavy atom. The number of nitrogens with zero attached hydrogens (tertiary/aromatic N) is 1. The third-order valence-corrected chi connectivity index (χ3v) is 3.45. The van der Waals surface area contributed by atoms with Gasteiger partial charge in [-0.2, -0.15) is 0 Å². The number of anilines is 2. The van der Waals surface area contributed by atoms with Gasteiger partial charge in [-0.3, -0.25) is 4.79 Å². The number of nitrogens with two attached hydrogens (primary N) is 1. The van der Waals surface area contributed by atoms with Crippen LogP contribution in [0, 0.1) is 0 Å². The molecular formula is C15H24N4O3. The first kappa shape index (κ1) is 16.2. The van der Waals surface area contributed by atoms with Crippen molar-refractivity contribution in [1.29, 1.82) is 0 Å². The number of carbonyl (C=O) groups is 1. The number of H-pyrrole nitrogens is 1. The van der Waals surface area contributed by atoms with E-state index in [0.29, 0.717) is 12.2 Å². The van der Waals surface area contributed by atoms with Gasteiger partial charge in [-0.05, 0) is 39.7 Å². The summed E-state index contributed by atoms with van der Waals surface area (Å²) in [5, 5.41) is 2.78. The summed E-state index contributed by atoms with van der Waals surface area (Å²) in [6, 6.07) is 1.77. The van der Waals surface area contributed by atoms with Crippen molar-refractivity contribution in [3.8, 4) is 0 Å². The van der Waals surface area contributed by atoms with E-state index in [-0.39, 0.29) is 22.9 Å². The molecule has 1 aromatic heterocycles. The van der Waals surface area contributed by atoms with E-state index >= 15 is 0 Å². The Hall–Kier alpha value is -2.18. The molecule has 0 spiro atoms. The summed E-state index contributed by atoms with van der Waals surface area (Å²) in [7, 11) is 0. The SMILES string of the molecule is CC(C)(C)NC(=O)OC1CCCN(c2cc[nH]c(=O)c2N)C1. The standard InChI is InChI=1S/C15H24N4O3/c1-15(2,3)18-14(21)22-10-5-4-8-19(9-10)11-6-7-17-13(20)12(11)16/h6-7,10H,4-5,8-9,16H2,1-3H3,(H,17,20)(H,18,21). The second-order valence-electron chi connectivity index (χ2n) is 6.60. The Morgan fingerprint density at radius 1 is 1.50 bits per heavy atom. The monoisotopic (exact) mass is 308 g/mol. The average molecular weight is 308 g/mol. The Labute approximate surface area is 129 Å². The number of nitrogens with one attached hydrogen (secondary N) is 2. The Kier molecular flexibility index (Phi) is 4.63. The van der Waals surface area contributed by atoms with Crippen LogP contribution < -0.4 is 21.5 Å². The van der Waals surface area contributed by atoms with E-state index in [0.717, 1.165) is 19.4 Å². The number of ether oxygens (including phenoxy) is 1. The smallest absolute Gasteiger partial charge is 0.407 e. The summed E-state index contributed by atoms with van der Waals surface area (Å²) >= 11 is 0. The number of pyridine rings is 1. The molecule has 1 aliphatic rings. The van der Waals surface area contributed by atoms with Crippen molar-refractivity contribution in [1.82, 2.24) is 10.3 Å². The lowest BCUT2D eigenvalue weighted by atomic mass is 10.1. The molecule has 4 N–H and O–H groups in total. The topological polar surface area (TPSA) is 100 Å². The normalized spacial score (nSPS) is 18.9. The molecule has 1 aromatic rings. The minimum absolute atomic E-state index is 0.197. The summed E-state index contributed by atoms with van der Waals surface area (Å²) in [6.45, 7) is 7.02. The van der Waals surface area contributed by atoms with E-state index in [9.17, 15) is 9.59 Å². The zero-order valence-electron chi connectivity index (χ0n) is 13.3. The molecule has 1 fully saturated rings. The van der Waals surface area contributed by atoms with Crippen molar-refractivity contribution >= 4 is 17.5 Å². The lowest BCUT2D eigenvalue weighted by Gasteiger charge is -2.34. The van der Waals surface area contributed by atoms with Crippen molar-refractivity contribution in [2.45, 2.75) is 45.3 Å². The van der Waals surface area contributed by atoms with Crippen LogP contribution >= 0.6 is 0 Å². The second kappa shape index (κ2) is 6.29. The maximum absolute atomic E-state index is 11.9. The van der Waals surface area contributed by atoms with Gasteiger partial charge in [-0.15, -0.1) is 0 Å². The molecule has 0 aromatic carbocycles. The summed E-state index contributed by atoms with van der Waals surface area (Å²) in [4.78, 5) is 28.0. The molecular weight excluding hydrogens is 284 g/mol. The highest BCUT2D eigenvalue weighted by Crippen LogP contribution is 2.24. The van der Waals surface area contributed by atoms with Crippen LogP contribution in [0.4, 0.5) is 16.2 Å². The second-order valence-corrected chi connectivity index (χ2v) is 6.60. The van der Waals surface area contributed by atoms with E-state index in [2.05, 4.69) is 10.3 Å². The number of nitrogen functional groups attached to an aromatic ring is 1. The molecule has 2 rings (SSSR count). The van der Waals surface area contributed by atoms with Gasteiger partial charge in [0.2, 0.25) is 0 Å². The van der Waals surface area contributed by atoms with Crippen LogP contribution in [0.15, 0.2) is 17.1 Å². The Bertz CT molecular complexity index is 591. The van der Waals surface area contributed by atoms with Crippen LogP contribution in [0.3, 0.4) is 0 Å². The number of hydrogen-bond acceptors (Lipinski definition) is 5. The first-order valence-electron chi connectivity index (χ1n) is 7.47. The molecule has 22 heavy (non-hydrogen) atoms. The number of aromatic amines is 1. The molecule has 7 nitrogen and oxygen atoms in total. The number of amides is 1. The van der Waals surface area contributed by atoms with Gasteiger partial charge in [-0.25, -0.2) is 4.79 Å². The minimum Gasteiger partial charge on any atom is -0.444 e. The number of aromatic nitrogens is 1. The first-order valence-corrected chi connectivity index (χ1v) is 7.47. The lowest BCUT2D eigenvalue weighted by molar-refractivity contribution is 0.0826. The van der Waals surface area contributed by atoms with Crippen LogP contribution in [0.5, 0.6) is 0 Å². The van der Waals surface area contributed by atoms with E-state index in [1.807, 2.05) is 25.7 Å². The van der Waals surface area contributed by atoms with E-state index < -0.39 is 6.09 Å². The zero-order valence-corrected chi connectivity index (χ0v) is 13.3. The highest BCUT2D eigenvalue weighted by molar-refractivity contribution is 5.69. The molecule has 0 bridgehead atoms. The van der Waals surface area contributed by atoms with Gasteiger partial charge in [0, 0.05) is 18.3 Å². The molecule has 1 aliphatic heterocycles. The predicted molar refractivity (Wildman–Crippen MR) is 86.1 cm³/mol. The van der Waals surface area contributed by atoms with Gasteiger partial charge < -0.3 is 25.7 Å². The molecule has 0 aliphatic carbocycles. The lowest BCUT2D eigenvalue weighted by Crippen LogP contribution is -2.46. The molecule has 1 unspecified atom stereocenters. The zero-order chi connectivity index (χ0) is 16.3. The summed E-state index contributed by atoms with van der Waals surface area (Å²) < 4.78 is 5.47. The van der Waals surface area contributed by atoms with Gasteiger partial charge in [0.25, 0.3) is 5.56 Å². The molecule has 1 amide bonds. The maximum Gasteiger partial charge on any atom is 0.407 e. The van der Waals surface area contributed by atoms with Crippen LogP contribution in [0.25, 0.3) is 0 Å². The molecule has 0 saturated carbocycles.